The number of nitrogens with zero attached hydrogens (tertiary/aromatic N) is 1. The SMILES string of the molecule is CC(C(=O)O)N(c1cccc(Cl)c1)S(C)(=O)=O. The van der Waals surface area contributed by atoms with Gasteiger partial charge in [0.05, 0.1) is 11.9 Å². The summed E-state index contributed by atoms with van der Waals surface area (Å²) in [6.07, 6.45) is 0.952. The molecule has 0 spiro atoms. The lowest BCUT2D eigenvalue weighted by Crippen LogP contribution is -2.42. The van der Waals surface area contributed by atoms with Gasteiger partial charge in [0.25, 0.3) is 0 Å². The molecule has 0 aliphatic heterocycles. The lowest BCUT2D eigenvalue weighted by molar-refractivity contribution is -0.137. The number of hydrogen-bond donors (Lipinski definition) is 1. The summed E-state index contributed by atoms with van der Waals surface area (Å²) in [5.74, 6) is -1.23. The molecule has 0 fully saturated rings. The van der Waals surface area contributed by atoms with Crippen molar-refractivity contribution in [3.63, 3.8) is 0 Å². The van der Waals surface area contributed by atoms with Crippen LogP contribution in [0.2, 0.25) is 5.02 Å². The Morgan fingerprint density at radius 2 is 2.06 bits per heavy atom. The van der Waals surface area contributed by atoms with Crippen LogP contribution in [0.5, 0.6) is 0 Å². The van der Waals surface area contributed by atoms with Crippen LogP contribution in [0.1, 0.15) is 6.92 Å². The van der Waals surface area contributed by atoms with Crippen LogP contribution >= 0.6 is 11.6 Å². The summed E-state index contributed by atoms with van der Waals surface area (Å²) < 4.78 is 24.0. The minimum Gasteiger partial charge on any atom is -0.480 e. The maximum Gasteiger partial charge on any atom is 0.327 e. The quantitative estimate of drug-likeness (QED) is 0.907. The lowest BCUT2D eigenvalue weighted by atomic mass is 10.2. The van der Waals surface area contributed by atoms with E-state index in [1.54, 1.807) is 12.1 Å². The summed E-state index contributed by atoms with van der Waals surface area (Å²) in [7, 11) is -3.69. The molecule has 0 bridgehead atoms. The highest BCUT2D eigenvalue weighted by Gasteiger charge is 2.28. The molecular weight excluding hydrogens is 266 g/mol. The first-order valence-electron chi connectivity index (χ1n) is 4.71. The molecule has 0 radical (unpaired) electrons. The molecule has 7 heteroatoms. The number of sulfonamides is 1. The molecule has 94 valence electrons. The molecule has 0 saturated heterocycles. The summed E-state index contributed by atoms with van der Waals surface area (Å²) >= 11 is 5.75. The average molecular weight is 278 g/mol. The van der Waals surface area contributed by atoms with Crippen LogP contribution in [0, 0.1) is 0 Å². The number of benzene rings is 1. The van der Waals surface area contributed by atoms with Crippen molar-refractivity contribution in [1.82, 2.24) is 0 Å². The standard InChI is InChI=1S/C10H12ClNO4S/c1-7(10(13)14)12(17(2,15)16)9-5-3-4-8(11)6-9/h3-7H,1-2H3,(H,13,14). The fraction of sp³-hybridized carbons (Fsp3) is 0.300. The Morgan fingerprint density at radius 1 is 1.47 bits per heavy atom. The zero-order chi connectivity index (χ0) is 13.2. The number of aliphatic carboxylic acids is 1. The molecular formula is C10H12ClNO4S. The van der Waals surface area contributed by atoms with Crippen molar-refractivity contribution in [1.29, 1.82) is 0 Å². The third-order valence-electron chi connectivity index (χ3n) is 2.13. The molecule has 0 aliphatic carbocycles. The average Bonchev–Trinajstić information content (AvgIpc) is 2.15. The molecule has 0 saturated carbocycles. The maximum absolute atomic E-state index is 11.6. The van der Waals surface area contributed by atoms with E-state index in [1.807, 2.05) is 0 Å². The Morgan fingerprint density at radius 3 is 2.47 bits per heavy atom. The van der Waals surface area contributed by atoms with Crippen LogP contribution in [-0.4, -0.2) is 31.8 Å². The third kappa shape index (κ3) is 3.34. The van der Waals surface area contributed by atoms with E-state index < -0.39 is 22.0 Å². The van der Waals surface area contributed by atoms with E-state index >= 15 is 0 Å². The van der Waals surface area contributed by atoms with Gasteiger partial charge in [0.2, 0.25) is 10.0 Å². The molecule has 0 aromatic heterocycles. The molecule has 1 rings (SSSR count). The van der Waals surface area contributed by atoms with Crippen LogP contribution in [0.15, 0.2) is 24.3 Å². The largest absolute Gasteiger partial charge is 0.480 e. The first-order valence-corrected chi connectivity index (χ1v) is 6.94. The van der Waals surface area contributed by atoms with Crippen LogP contribution < -0.4 is 4.31 Å². The van der Waals surface area contributed by atoms with E-state index in [1.165, 1.54) is 19.1 Å². The van der Waals surface area contributed by atoms with Crippen molar-refractivity contribution in [2.75, 3.05) is 10.6 Å². The minimum atomic E-state index is -3.69. The summed E-state index contributed by atoms with van der Waals surface area (Å²) in [5.41, 5.74) is 0.231. The summed E-state index contributed by atoms with van der Waals surface area (Å²) in [6, 6.07) is 4.85. The summed E-state index contributed by atoms with van der Waals surface area (Å²) in [4.78, 5) is 10.9. The van der Waals surface area contributed by atoms with Crippen molar-refractivity contribution in [3.8, 4) is 0 Å². The Bertz CT molecular complexity index is 529. The molecule has 17 heavy (non-hydrogen) atoms. The lowest BCUT2D eigenvalue weighted by Gasteiger charge is -2.26. The topological polar surface area (TPSA) is 74.7 Å². The van der Waals surface area contributed by atoms with Gasteiger partial charge < -0.3 is 5.11 Å². The molecule has 0 aliphatic rings. The number of carbonyl (C=O) groups is 1. The molecule has 0 amide bonds. The van der Waals surface area contributed by atoms with Crippen LogP contribution in [0.3, 0.4) is 0 Å². The normalized spacial score (nSPS) is 13.1. The predicted molar refractivity (Wildman–Crippen MR) is 65.9 cm³/mol. The van der Waals surface area contributed by atoms with E-state index in [-0.39, 0.29) is 5.69 Å². The maximum atomic E-state index is 11.6. The Hall–Kier alpha value is -1.27. The first-order chi connectivity index (χ1) is 7.73. The van der Waals surface area contributed by atoms with Crippen molar-refractivity contribution in [2.45, 2.75) is 13.0 Å². The highest BCUT2D eigenvalue weighted by Crippen LogP contribution is 2.23. The van der Waals surface area contributed by atoms with Crippen LogP contribution in [-0.2, 0) is 14.8 Å². The van der Waals surface area contributed by atoms with Gasteiger partial charge in [-0.2, -0.15) is 0 Å². The van der Waals surface area contributed by atoms with Gasteiger partial charge in [-0.25, -0.2) is 13.2 Å². The number of rotatable bonds is 4. The Balaban J connectivity index is 3.30. The summed E-state index contributed by atoms with van der Waals surface area (Å²) in [5, 5.41) is 9.25. The van der Waals surface area contributed by atoms with Gasteiger partial charge in [0, 0.05) is 5.02 Å². The number of carboxylic acids is 1. The van der Waals surface area contributed by atoms with E-state index in [2.05, 4.69) is 0 Å². The molecule has 1 aromatic carbocycles. The van der Waals surface area contributed by atoms with Crippen LogP contribution in [0.25, 0.3) is 0 Å². The fourth-order valence-electron chi connectivity index (χ4n) is 1.42. The van der Waals surface area contributed by atoms with Crippen molar-refractivity contribution in [3.05, 3.63) is 29.3 Å². The third-order valence-corrected chi connectivity index (χ3v) is 3.61. The zero-order valence-electron chi connectivity index (χ0n) is 9.29. The zero-order valence-corrected chi connectivity index (χ0v) is 10.9. The monoisotopic (exact) mass is 277 g/mol. The highest BCUT2D eigenvalue weighted by atomic mass is 35.5. The predicted octanol–water partition coefficient (Wildman–Crippen LogP) is 1.58. The van der Waals surface area contributed by atoms with E-state index in [9.17, 15) is 13.2 Å². The van der Waals surface area contributed by atoms with Crippen LogP contribution in [0.4, 0.5) is 5.69 Å². The second-order valence-electron chi connectivity index (χ2n) is 3.55. The van der Waals surface area contributed by atoms with Crippen molar-refractivity contribution >= 4 is 33.3 Å². The molecule has 1 aromatic rings. The minimum absolute atomic E-state index is 0.231. The number of anilines is 1. The van der Waals surface area contributed by atoms with Gasteiger partial charge in [-0.3, -0.25) is 4.31 Å². The smallest absolute Gasteiger partial charge is 0.327 e. The van der Waals surface area contributed by atoms with Crippen molar-refractivity contribution < 1.29 is 18.3 Å². The van der Waals surface area contributed by atoms with Gasteiger partial charge in [-0.05, 0) is 25.1 Å². The molecule has 1 N–H and O–H groups in total. The summed E-state index contributed by atoms with van der Waals surface area (Å²) in [6.45, 7) is 1.30. The van der Waals surface area contributed by atoms with E-state index in [0.717, 1.165) is 10.6 Å². The molecule has 1 unspecified atom stereocenters. The number of carboxylic acid groups (broad SMARTS) is 1. The Labute approximate surface area is 105 Å². The molecule has 0 heterocycles. The Kier molecular flexibility index (Phi) is 4.00. The fourth-order valence-corrected chi connectivity index (χ4v) is 2.76. The second kappa shape index (κ2) is 4.93. The van der Waals surface area contributed by atoms with Gasteiger partial charge >= 0.3 is 5.97 Å². The highest BCUT2D eigenvalue weighted by molar-refractivity contribution is 7.92. The number of halogens is 1. The van der Waals surface area contributed by atoms with E-state index in [4.69, 9.17) is 16.7 Å². The van der Waals surface area contributed by atoms with Gasteiger partial charge in [-0.15, -0.1) is 0 Å². The van der Waals surface area contributed by atoms with Gasteiger partial charge in [-0.1, -0.05) is 17.7 Å². The van der Waals surface area contributed by atoms with Gasteiger partial charge in [0.1, 0.15) is 6.04 Å². The van der Waals surface area contributed by atoms with E-state index in [0.29, 0.717) is 5.02 Å². The number of hydrogen-bond acceptors (Lipinski definition) is 3. The van der Waals surface area contributed by atoms with Gasteiger partial charge in [0.15, 0.2) is 0 Å². The molecule has 1 atom stereocenters. The van der Waals surface area contributed by atoms with Crippen molar-refractivity contribution in [2.24, 2.45) is 0 Å². The molecule has 5 nitrogen and oxygen atoms in total. The second-order valence-corrected chi connectivity index (χ2v) is 5.85. The first kappa shape index (κ1) is 13.8.